The van der Waals surface area contributed by atoms with Gasteiger partial charge in [-0.1, -0.05) is 6.07 Å². The highest BCUT2D eigenvalue weighted by molar-refractivity contribution is 5.85. The lowest BCUT2D eigenvalue weighted by atomic mass is 9.96. The van der Waals surface area contributed by atoms with E-state index in [2.05, 4.69) is 10.3 Å². The molecule has 1 aromatic rings. The van der Waals surface area contributed by atoms with Crippen LogP contribution in [0.25, 0.3) is 0 Å². The fraction of sp³-hybridized carbons (Fsp3) is 0.588. The first-order valence-corrected chi connectivity index (χ1v) is 8.24. The molecule has 0 aliphatic carbocycles. The van der Waals surface area contributed by atoms with Crippen LogP contribution < -0.4 is 5.32 Å². The molecule has 0 unspecified atom stereocenters. The summed E-state index contributed by atoms with van der Waals surface area (Å²) in [7, 11) is 0. The predicted octanol–water partition coefficient (Wildman–Crippen LogP) is 1.78. The molecule has 0 radical (unpaired) electrons. The average Bonchev–Trinajstić information content (AvgIpc) is 2.60. The molecular weight excluding hydrogens is 330 g/mol. The highest BCUT2D eigenvalue weighted by Gasteiger charge is 2.26. The van der Waals surface area contributed by atoms with Crippen LogP contribution in [-0.2, 0) is 20.9 Å². The van der Waals surface area contributed by atoms with E-state index in [0.717, 1.165) is 31.5 Å². The van der Waals surface area contributed by atoms with Crippen LogP contribution in [0.5, 0.6) is 0 Å². The number of amides is 1. The van der Waals surface area contributed by atoms with Gasteiger partial charge in [-0.2, -0.15) is 0 Å². The largest absolute Gasteiger partial charge is 0.466 e. The topological polar surface area (TPSA) is 71.5 Å². The second-order valence-corrected chi connectivity index (χ2v) is 5.70. The van der Waals surface area contributed by atoms with E-state index < -0.39 is 0 Å². The third-order valence-electron chi connectivity index (χ3n) is 3.99. The van der Waals surface area contributed by atoms with Crippen molar-refractivity contribution in [2.45, 2.75) is 32.7 Å². The minimum absolute atomic E-state index is 0. The Morgan fingerprint density at radius 2 is 2.12 bits per heavy atom. The number of esters is 1. The first kappa shape index (κ1) is 20.4. The van der Waals surface area contributed by atoms with Crippen LogP contribution in [0.4, 0.5) is 0 Å². The lowest BCUT2D eigenvalue weighted by molar-refractivity contribution is -0.144. The van der Waals surface area contributed by atoms with E-state index in [4.69, 9.17) is 4.74 Å². The van der Waals surface area contributed by atoms with Crippen molar-refractivity contribution in [3.63, 3.8) is 0 Å². The van der Waals surface area contributed by atoms with Gasteiger partial charge in [-0.3, -0.25) is 14.6 Å². The third kappa shape index (κ3) is 6.45. The molecule has 0 spiro atoms. The Morgan fingerprint density at radius 1 is 1.38 bits per heavy atom. The summed E-state index contributed by atoms with van der Waals surface area (Å²) in [6.45, 7) is 4.76. The van der Waals surface area contributed by atoms with E-state index in [1.54, 1.807) is 24.2 Å². The van der Waals surface area contributed by atoms with Crippen LogP contribution in [0.3, 0.4) is 0 Å². The number of carbonyl (C=O) groups is 2. The number of aromatic nitrogens is 1. The smallest absolute Gasteiger partial charge is 0.307 e. The maximum atomic E-state index is 12.8. The van der Waals surface area contributed by atoms with Gasteiger partial charge < -0.3 is 15.0 Å². The Morgan fingerprint density at radius 3 is 2.75 bits per heavy atom. The maximum absolute atomic E-state index is 12.8. The Bertz CT molecular complexity index is 507. The van der Waals surface area contributed by atoms with Crippen LogP contribution in [0.1, 0.15) is 31.7 Å². The highest BCUT2D eigenvalue weighted by Crippen LogP contribution is 2.17. The van der Waals surface area contributed by atoms with Crippen LogP contribution in [0.2, 0.25) is 0 Å². The van der Waals surface area contributed by atoms with Crippen molar-refractivity contribution in [2.24, 2.45) is 5.92 Å². The van der Waals surface area contributed by atoms with Crippen LogP contribution >= 0.6 is 12.4 Å². The van der Waals surface area contributed by atoms with Crippen LogP contribution in [0.15, 0.2) is 24.5 Å². The SMILES string of the molecule is CCOC(=O)CCN(Cc1cccnc1)C(=O)C1CCNCC1.Cl. The van der Waals surface area contributed by atoms with Crippen molar-refractivity contribution in [3.05, 3.63) is 30.1 Å². The Balaban J connectivity index is 0.00000288. The van der Waals surface area contributed by atoms with Gasteiger partial charge in [-0.15, -0.1) is 12.4 Å². The number of hydrogen-bond donors (Lipinski definition) is 1. The van der Waals surface area contributed by atoms with Crippen molar-refractivity contribution in [1.29, 1.82) is 0 Å². The fourth-order valence-electron chi connectivity index (χ4n) is 2.77. The molecule has 2 rings (SSSR count). The van der Waals surface area contributed by atoms with Gasteiger partial charge in [0.2, 0.25) is 5.91 Å². The molecule has 1 N–H and O–H groups in total. The summed E-state index contributed by atoms with van der Waals surface area (Å²) < 4.78 is 4.97. The van der Waals surface area contributed by atoms with Crippen molar-refractivity contribution in [2.75, 3.05) is 26.2 Å². The van der Waals surface area contributed by atoms with Crippen LogP contribution in [-0.4, -0.2) is 48.0 Å². The molecule has 1 aliphatic heterocycles. The molecule has 0 saturated carbocycles. The molecule has 0 aromatic carbocycles. The molecular formula is C17H26ClN3O3. The average molecular weight is 356 g/mol. The third-order valence-corrected chi connectivity index (χ3v) is 3.99. The molecule has 24 heavy (non-hydrogen) atoms. The normalized spacial score (nSPS) is 14.5. The summed E-state index contributed by atoms with van der Waals surface area (Å²) in [5.41, 5.74) is 0.971. The first-order valence-electron chi connectivity index (χ1n) is 8.24. The molecule has 0 bridgehead atoms. The summed E-state index contributed by atoms with van der Waals surface area (Å²) in [6.07, 6.45) is 5.39. The van der Waals surface area contributed by atoms with Gasteiger partial charge in [0.25, 0.3) is 0 Å². The molecule has 2 heterocycles. The van der Waals surface area contributed by atoms with Crippen molar-refractivity contribution >= 4 is 24.3 Å². The predicted molar refractivity (Wildman–Crippen MR) is 93.7 cm³/mol. The van der Waals surface area contributed by atoms with Gasteiger partial charge in [0, 0.05) is 31.4 Å². The standard InChI is InChI=1S/C17H25N3O3.ClH/c1-2-23-16(21)7-11-20(13-14-4-3-8-19-12-14)17(22)15-5-9-18-10-6-15;/h3-4,8,12,15,18H,2,5-7,9-11,13H2,1H3;1H. The number of nitrogens with one attached hydrogen (secondary N) is 1. The molecule has 134 valence electrons. The zero-order valence-electron chi connectivity index (χ0n) is 14.1. The molecule has 1 amide bonds. The second-order valence-electron chi connectivity index (χ2n) is 5.70. The van der Waals surface area contributed by atoms with Crippen molar-refractivity contribution in [3.8, 4) is 0 Å². The summed E-state index contributed by atoms with van der Waals surface area (Å²) in [5.74, 6) is -0.100. The van der Waals surface area contributed by atoms with E-state index in [0.29, 0.717) is 19.7 Å². The number of nitrogens with zero attached hydrogens (tertiary/aromatic N) is 2. The Labute approximate surface area is 149 Å². The van der Waals surface area contributed by atoms with Gasteiger partial charge in [0.1, 0.15) is 0 Å². The van der Waals surface area contributed by atoms with Crippen LogP contribution in [0, 0.1) is 5.92 Å². The van der Waals surface area contributed by atoms with E-state index >= 15 is 0 Å². The molecule has 1 fully saturated rings. The molecule has 0 atom stereocenters. The van der Waals surface area contributed by atoms with E-state index in [9.17, 15) is 9.59 Å². The molecule has 7 heteroatoms. The lowest BCUT2D eigenvalue weighted by Gasteiger charge is -2.29. The molecule has 1 saturated heterocycles. The van der Waals surface area contributed by atoms with E-state index in [1.165, 1.54) is 0 Å². The molecule has 1 aliphatic rings. The number of pyridine rings is 1. The summed E-state index contributed by atoms with van der Waals surface area (Å²) in [6, 6.07) is 3.80. The van der Waals surface area contributed by atoms with Crippen molar-refractivity contribution in [1.82, 2.24) is 15.2 Å². The fourth-order valence-corrected chi connectivity index (χ4v) is 2.77. The van der Waals surface area contributed by atoms with Gasteiger partial charge in [-0.25, -0.2) is 0 Å². The number of rotatable bonds is 7. The van der Waals surface area contributed by atoms with Gasteiger partial charge in [-0.05, 0) is 44.5 Å². The van der Waals surface area contributed by atoms with Gasteiger partial charge in [0.15, 0.2) is 0 Å². The van der Waals surface area contributed by atoms with Crippen molar-refractivity contribution < 1.29 is 14.3 Å². The summed E-state index contributed by atoms with van der Waals surface area (Å²) >= 11 is 0. The first-order chi connectivity index (χ1) is 11.2. The Hall–Kier alpha value is -1.66. The zero-order valence-corrected chi connectivity index (χ0v) is 14.9. The molecule has 1 aromatic heterocycles. The number of halogens is 1. The lowest BCUT2D eigenvalue weighted by Crippen LogP contribution is -2.41. The zero-order chi connectivity index (χ0) is 16.5. The second kappa shape index (κ2) is 11.0. The minimum Gasteiger partial charge on any atom is -0.466 e. The number of carbonyl (C=O) groups excluding carboxylic acids is 2. The number of ether oxygens (including phenoxy) is 1. The molecule has 6 nitrogen and oxygen atoms in total. The van der Waals surface area contributed by atoms with Gasteiger partial charge in [0.05, 0.1) is 13.0 Å². The minimum atomic E-state index is -0.262. The van der Waals surface area contributed by atoms with E-state index in [1.807, 2.05) is 12.1 Å². The Kier molecular flexibility index (Phi) is 9.34. The maximum Gasteiger partial charge on any atom is 0.307 e. The monoisotopic (exact) mass is 355 g/mol. The van der Waals surface area contributed by atoms with E-state index in [-0.39, 0.29) is 36.6 Å². The summed E-state index contributed by atoms with van der Waals surface area (Å²) in [5, 5.41) is 3.27. The highest BCUT2D eigenvalue weighted by atomic mass is 35.5. The quantitative estimate of drug-likeness (QED) is 0.755. The number of piperidine rings is 1. The summed E-state index contributed by atoms with van der Waals surface area (Å²) in [4.78, 5) is 30.3. The van der Waals surface area contributed by atoms with Gasteiger partial charge >= 0.3 is 5.97 Å². The number of hydrogen-bond acceptors (Lipinski definition) is 5.